The van der Waals surface area contributed by atoms with Crippen LogP contribution in [0.1, 0.15) is 5.56 Å². The Morgan fingerprint density at radius 1 is 0.545 bits per heavy atom. The van der Waals surface area contributed by atoms with Crippen LogP contribution < -0.4 is 0 Å². The van der Waals surface area contributed by atoms with Gasteiger partial charge in [-0.05, 0) is 37.3 Å². The summed E-state index contributed by atoms with van der Waals surface area (Å²) in [5.74, 6) is 0.654. The first-order valence-electron chi connectivity index (χ1n) is 10.9. The van der Waals surface area contributed by atoms with Gasteiger partial charge in [0.25, 0.3) is 0 Å². The molecule has 33 heavy (non-hydrogen) atoms. The van der Waals surface area contributed by atoms with Gasteiger partial charge in [-0.2, -0.15) is 0 Å². The summed E-state index contributed by atoms with van der Waals surface area (Å²) in [6.45, 7) is 2.09. The topological polar surface area (TPSA) is 51.6 Å². The third-order valence-electron chi connectivity index (χ3n) is 5.82. The maximum Gasteiger partial charge on any atom is 0.162 e. The number of aryl methyl sites for hydroxylation is 1. The van der Waals surface area contributed by atoms with Crippen LogP contribution in [-0.2, 0) is 0 Å². The summed E-state index contributed by atoms with van der Waals surface area (Å²) in [6, 6.07) is 30.8. The van der Waals surface area contributed by atoms with Gasteiger partial charge >= 0.3 is 0 Å². The summed E-state index contributed by atoms with van der Waals surface area (Å²) < 4.78 is 0. The van der Waals surface area contributed by atoms with Crippen molar-refractivity contribution in [3.63, 3.8) is 0 Å². The van der Waals surface area contributed by atoms with E-state index in [9.17, 15) is 0 Å². The SMILES string of the molecule is Cc1cccc(-c2cc(-c3cccc4cccnc34)nc(-c3cccc4cccnc34)n2)c1. The first-order valence-corrected chi connectivity index (χ1v) is 10.9. The molecule has 0 fully saturated rings. The molecule has 0 atom stereocenters. The fourth-order valence-electron chi connectivity index (χ4n) is 4.25. The molecule has 0 N–H and O–H groups in total. The molecule has 0 saturated carbocycles. The highest BCUT2D eigenvalue weighted by molar-refractivity contribution is 5.95. The van der Waals surface area contributed by atoms with Gasteiger partial charge < -0.3 is 0 Å². The maximum atomic E-state index is 5.03. The molecule has 156 valence electrons. The van der Waals surface area contributed by atoms with E-state index in [0.29, 0.717) is 5.82 Å². The lowest BCUT2D eigenvalue weighted by Gasteiger charge is -2.12. The van der Waals surface area contributed by atoms with E-state index in [2.05, 4.69) is 77.6 Å². The molecule has 0 saturated heterocycles. The standard InChI is InChI=1S/C29H20N4/c1-19-7-2-10-22(17-19)25-18-26(23-13-3-8-20-11-5-15-30-27(20)23)33-29(32-25)24-14-4-9-21-12-6-16-31-28(21)24/h2-18H,1H3. The molecule has 0 amide bonds. The van der Waals surface area contributed by atoms with Crippen molar-refractivity contribution in [2.24, 2.45) is 0 Å². The Labute approximate surface area is 191 Å². The van der Waals surface area contributed by atoms with Crippen LogP contribution in [0.5, 0.6) is 0 Å². The van der Waals surface area contributed by atoms with Gasteiger partial charge in [-0.3, -0.25) is 9.97 Å². The molecule has 4 heteroatoms. The Balaban J connectivity index is 1.66. The Kier molecular flexibility index (Phi) is 4.62. The minimum Gasteiger partial charge on any atom is -0.256 e. The van der Waals surface area contributed by atoms with Crippen LogP contribution in [0.2, 0.25) is 0 Å². The van der Waals surface area contributed by atoms with Gasteiger partial charge in [0, 0.05) is 39.9 Å². The zero-order valence-corrected chi connectivity index (χ0v) is 18.1. The second kappa shape index (κ2) is 7.92. The van der Waals surface area contributed by atoms with E-state index in [1.807, 2.05) is 42.7 Å². The van der Waals surface area contributed by atoms with Crippen LogP contribution in [0.15, 0.2) is 103 Å². The molecule has 0 spiro atoms. The number of hydrogen-bond donors (Lipinski definition) is 0. The Bertz CT molecular complexity index is 1530. The molecule has 3 heterocycles. The van der Waals surface area contributed by atoms with Gasteiger partial charge in [0.1, 0.15) is 0 Å². The average Bonchev–Trinajstić information content (AvgIpc) is 2.88. The van der Waals surface area contributed by atoms with Crippen molar-refractivity contribution in [2.45, 2.75) is 6.92 Å². The van der Waals surface area contributed by atoms with Gasteiger partial charge in [-0.1, -0.05) is 66.2 Å². The highest BCUT2D eigenvalue weighted by Gasteiger charge is 2.15. The van der Waals surface area contributed by atoms with Crippen LogP contribution in [0.3, 0.4) is 0 Å². The molecular weight excluding hydrogens is 404 g/mol. The van der Waals surface area contributed by atoms with E-state index in [1.165, 1.54) is 5.56 Å². The predicted molar refractivity (Wildman–Crippen MR) is 134 cm³/mol. The van der Waals surface area contributed by atoms with Crippen molar-refractivity contribution < 1.29 is 0 Å². The molecule has 0 aliphatic carbocycles. The number of para-hydroxylation sites is 2. The first kappa shape index (κ1) is 19.3. The molecule has 0 bridgehead atoms. The van der Waals surface area contributed by atoms with Gasteiger partial charge in [-0.25, -0.2) is 9.97 Å². The summed E-state index contributed by atoms with van der Waals surface area (Å²) in [6.07, 6.45) is 3.63. The zero-order valence-electron chi connectivity index (χ0n) is 18.1. The molecule has 6 rings (SSSR count). The van der Waals surface area contributed by atoms with Crippen LogP contribution >= 0.6 is 0 Å². The van der Waals surface area contributed by atoms with Gasteiger partial charge in [0.15, 0.2) is 5.82 Å². The lowest BCUT2D eigenvalue weighted by molar-refractivity contribution is 1.18. The van der Waals surface area contributed by atoms with Crippen LogP contribution in [0, 0.1) is 6.92 Å². The molecule has 0 aliphatic rings. The monoisotopic (exact) mass is 424 g/mol. The molecule has 0 unspecified atom stereocenters. The number of hydrogen-bond acceptors (Lipinski definition) is 4. The number of rotatable bonds is 3. The van der Waals surface area contributed by atoms with Crippen molar-refractivity contribution in [3.05, 3.63) is 109 Å². The number of nitrogens with zero attached hydrogens (tertiary/aromatic N) is 4. The summed E-state index contributed by atoms with van der Waals surface area (Å²) in [7, 11) is 0. The Morgan fingerprint density at radius 2 is 1.15 bits per heavy atom. The quantitative estimate of drug-likeness (QED) is 0.311. The molecule has 6 aromatic rings. The molecule has 0 aliphatic heterocycles. The van der Waals surface area contributed by atoms with Crippen molar-refractivity contribution in [1.29, 1.82) is 0 Å². The lowest BCUT2D eigenvalue weighted by Crippen LogP contribution is -1.98. The Hall–Kier alpha value is -4.44. The van der Waals surface area contributed by atoms with Gasteiger partial charge in [0.05, 0.1) is 22.4 Å². The van der Waals surface area contributed by atoms with E-state index in [4.69, 9.17) is 9.97 Å². The molecule has 3 aromatic carbocycles. The highest BCUT2D eigenvalue weighted by atomic mass is 14.9. The molecule has 3 aromatic heterocycles. The van der Waals surface area contributed by atoms with Crippen molar-refractivity contribution >= 4 is 21.8 Å². The summed E-state index contributed by atoms with van der Waals surface area (Å²) >= 11 is 0. The van der Waals surface area contributed by atoms with E-state index >= 15 is 0 Å². The zero-order chi connectivity index (χ0) is 22.2. The van der Waals surface area contributed by atoms with E-state index < -0.39 is 0 Å². The smallest absolute Gasteiger partial charge is 0.162 e. The van der Waals surface area contributed by atoms with Crippen molar-refractivity contribution in [3.8, 4) is 33.9 Å². The van der Waals surface area contributed by atoms with E-state index in [-0.39, 0.29) is 0 Å². The van der Waals surface area contributed by atoms with Gasteiger partial charge in [-0.15, -0.1) is 0 Å². The molecule has 4 nitrogen and oxygen atoms in total. The minimum atomic E-state index is 0.654. The predicted octanol–water partition coefficient (Wildman–Crippen LogP) is 6.88. The largest absolute Gasteiger partial charge is 0.256 e. The normalized spacial score (nSPS) is 11.2. The lowest BCUT2D eigenvalue weighted by atomic mass is 10.0. The maximum absolute atomic E-state index is 5.03. The third kappa shape index (κ3) is 3.52. The fraction of sp³-hybridized carbons (Fsp3) is 0.0345. The highest BCUT2D eigenvalue weighted by Crippen LogP contribution is 2.32. The second-order valence-corrected chi connectivity index (χ2v) is 8.09. The van der Waals surface area contributed by atoms with E-state index in [1.54, 1.807) is 0 Å². The van der Waals surface area contributed by atoms with E-state index in [0.717, 1.165) is 49.9 Å². The van der Waals surface area contributed by atoms with Crippen molar-refractivity contribution in [2.75, 3.05) is 0 Å². The summed E-state index contributed by atoms with van der Waals surface area (Å²) in [5, 5.41) is 2.15. The Morgan fingerprint density at radius 3 is 1.88 bits per heavy atom. The number of benzene rings is 3. The summed E-state index contributed by atoms with van der Waals surface area (Å²) in [5.41, 5.74) is 7.68. The number of pyridine rings is 2. The molecular formula is C29H20N4. The van der Waals surface area contributed by atoms with Crippen LogP contribution in [0.4, 0.5) is 0 Å². The summed E-state index contributed by atoms with van der Waals surface area (Å²) in [4.78, 5) is 19.3. The average molecular weight is 425 g/mol. The van der Waals surface area contributed by atoms with Crippen LogP contribution in [0.25, 0.3) is 55.7 Å². The fourth-order valence-corrected chi connectivity index (χ4v) is 4.25. The molecule has 0 radical (unpaired) electrons. The minimum absolute atomic E-state index is 0.654. The first-order chi connectivity index (χ1) is 16.3. The number of fused-ring (bicyclic) bond motifs is 2. The van der Waals surface area contributed by atoms with Gasteiger partial charge in [0.2, 0.25) is 0 Å². The van der Waals surface area contributed by atoms with Crippen LogP contribution in [-0.4, -0.2) is 19.9 Å². The second-order valence-electron chi connectivity index (χ2n) is 8.09. The number of aromatic nitrogens is 4. The third-order valence-corrected chi connectivity index (χ3v) is 5.82. The van der Waals surface area contributed by atoms with Crippen molar-refractivity contribution in [1.82, 2.24) is 19.9 Å².